The number of hydrogen-bond acceptors (Lipinski definition) is 1. The van der Waals surface area contributed by atoms with Crippen LogP contribution < -0.4 is 5.32 Å². The van der Waals surface area contributed by atoms with Crippen molar-refractivity contribution in [3.8, 4) is 0 Å². The van der Waals surface area contributed by atoms with Crippen LogP contribution in [-0.2, 0) is 6.54 Å². The van der Waals surface area contributed by atoms with Gasteiger partial charge in [0.05, 0.1) is 0 Å². The van der Waals surface area contributed by atoms with Crippen LogP contribution in [0.15, 0.2) is 46.9 Å². The average molecular weight is 363 g/mol. The summed E-state index contributed by atoms with van der Waals surface area (Å²) < 4.78 is 1.09. The van der Waals surface area contributed by atoms with Crippen molar-refractivity contribution in [2.24, 2.45) is 0 Å². The molecule has 0 saturated carbocycles. The van der Waals surface area contributed by atoms with Crippen molar-refractivity contribution >= 4 is 38.9 Å². The van der Waals surface area contributed by atoms with Crippen molar-refractivity contribution < 1.29 is 0 Å². The van der Waals surface area contributed by atoms with Crippen LogP contribution in [0.5, 0.6) is 0 Å². The molecule has 0 atom stereocenters. The fraction of sp³-hybridized carbons (Fsp3) is 0.235. The second kappa shape index (κ2) is 7.05. The van der Waals surface area contributed by atoms with E-state index in [-0.39, 0.29) is 0 Å². The lowest BCUT2D eigenvalue weighted by Gasteiger charge is -2.22. The first-order valence-corrected chi connectivity index (χ1v) is 7.99. The van der Waals surface area contributed by atoms with Crippen LogP contribution in [-0.4, -0.2) is 17.1 Å². The second-order valence-corrected chi connectivity index (χ2v) is 6.53. The van der Waals surface area contributed by atoms with Crippen molar-refractivity contribution in [2.45, 2.75) is 20.4 Å². The van der Waals surface area contributed by atoms with Gasteiger partial charge in [-0.2, -0.15) is 0 Å². The van der Waals surface area contributed by atoms with Crippen LogP contribution >= 0.6 is 28.1 Å². The fourth-order valence-electron chi connectivity index (χ4n) is 2.02. The summed E-state index contributed by atoms with van der Waals surface area (Å²) in [6.07, 6.45) is 0. The van der Waals surface area contributed by atoms with Gasteiger partial charge in [-0.1, -0.05) is 40.2 Å². The number of anilines is 1. The standard InChI is InChI=1S/C17H19BrN2S/c1-12-4-5-13(2)16(10-12)19-17(21)20(3)11-14-6-8-15(18)9-7-14/h4-10H,11H2,1-3H3,(H,19,21). The molecule has 4 heteroatoms. The van der Waals surface area contributed by atoms with Crippen LogP contribution in [0.25, 0.3) is 0 Å². The highest BCUT2D eigenvalue weighted by atomic mass is 79.9. The first kappa shape index (κ1) is 16.0. The van der Waals surface area contributed by atoms with Crippen molar-refractivity contribution in [2.75, 3.05) is 12.4 Å². The first-order chi connectivity index (χ1) is 9.95. The molecular weight excluding hydrogens is 344 g/mol. The molecule has 0 unspecified atom stereocenters. The van der Waals surface area contributed by atoms with E-state index in [0.29, 0.717) is 0 Å². The Labute approximate surface area is 140 Å². The third-order valence-corrected chi connectivity index (χ3v) is 4.26. The quantitative estimate of drug-likeness (QED) is 0.782. The van der Waals surface area contributed by atoms with E-state index in [1.54, 1.807) is 0 Å². The topological polar surface area (TPSA) is 15.3 Å². The van der Waals surface area contributed by atoms with E-state index < -0.39 is 0 Å². The summed E-state index contributed by atoms with van der Waals surface area (Å²) in [6.45, 7) is 4.95. The molecule has 0 heterocycles. The van der Waals surface area contributed by atoms with Crippen molar-refractivity contribution in [1.29, 1.82) is 0 Å². The number of benzene rings is 2. The molecule has 0 bridgehead atoms. The highest BCUT2D eigenvalue weighted by Crippen LogP contribution is 2.17. The van der Waals surface area contributed by atoms with Crippen molar-refractivity contribution in [1.82, 2.24) is 4.90 Å². The zero-order valence-corrected chi connectivity index (χ0v) is 14.9. The lowest BCUT2D eigenvalue weighted by atomic mass is 10.1. The molecule has 0 radical (unpaired) electrons. The molecular formula is C17H19BrN2S. The lowest BCUT2D eigenvalue weighted by molar-refractivity contribution is 0.508. The summed E-state index contributed by atoms with van der Waals surface area (Å²) in [4.78, 5) is 2.04. The van der Waals surface area contributed by atoms with E-state index in [4.69, 9.17) is 12.2 Å². The molecule has 0 fully saturated rings. The number of nitrogens with one attached hydrogen (secondary N) is 1. The largest absolute Gasteiger partial charge is 0.348 e. The number of nitrogens with zero attached hydrogens (tertiary/aromatic N) is 1. The molecule has 0 aliphatic rings. The number of thiocarbonyl (C=S) groups is 1. The summed E-state index contributed by atoms with van der Waals surface area (Å²) in [5.41, 5.74) is 4.72. The molecule has 1 N–H and O–H groups in total. The van der Waals surface area contributed by atoms with Gasteiger partial charge < -0.3 is 10.2 Å². The number of aryl methyl sites for hydroxylation is 2. The molecule has 2 aromatic rings. The van der Waals surface area contributed by atoms with E-state index >= 15 is 0 Å². The second-order valence-electron chi connectivity index (χ2n) is 5.23. The molecule has 0 amide bonds. The third-order valence-electron chi connectivity index (χ3n) is 3.31. The SMILES string of the molecule is Cc1ccc(C)c(NC(=S)N(C)Cc2ccc(Br)cc2)c1. The van der Waals surface area contributed by atoms with Gasteiger partial charge in [-0.15, -0.1) is 0 Å². The summed E-state index contributed by atoms with van der Waals surface area (Å²) in [5, 5.41) is 4.06. The van der Waals surface area contributed by atoms with Crippen LogP contribution in [0.3, 0.4) is 0 Å². The Morgan fingerprint density at radius 3 is 2.48 bits per heavy atom. The van der Waals surface area contributed by atoms with Crippen LogP contribution in [0.1, 0.15) is 16.7 Å². The highest BCUT2D eigenvalue weighted by molar-refractivity contribution is 9.10. The smallest absolute Gasteiger partial charge is 0.173 e. The molecule has 2 nitrogen and oxygen atoms in total. The Bertz CT molecular complexity index is 638. The summed E-state index contributed by atoms with van der Waals surface area (Å²) in [6, 6.07) is 14.6. The minimum Gasteiger partial charge on any atom is -0.348 e. The van der Waals surface area contributed by atoms with E-state index in [0.717, 1.165) is 21.8 Å². The van der Waals surface area contributed by atoms with Gasteiger partial charge in [-0.3, -0.25) is 0 Å². The minimum absolute atomic E-state index is 0.728. The maximum Gasteiger partial charge on any atom is 0.173 e. The summed E-state index contributed by atoms with van der Waals surface area (Å²) >= 11 is 8.94. The van der Waals surface area contributed by atoms with Gasteiger partial charge in [0, 0.05) is 23.8 Å². The van der Waals surface area contributed by atoms with Gasteiger partial charge in [-0.25, -0.2) is 0 Å². The molecule has 2 aromatic carbocycles. The number of halogens is 1. The summed E-state index contributed by atoms with van der Waals surface area (Å²) in [7, 11) is 2.00. The van der Waals surface area contributed by atoms with Crippen molar-refractivity contribution in [3.05, 3.63) is 63.6 Å². The Kier molecular flexibility index (Phi) is 5.37. The molecule has 0 aliphatic heterocycles. The molecule has 0 spiro atoms. The fourth-order valence-corrected chi connectivity index (χ4v) is 2.46. The molecule has 0 aliphatic carbocycles. The maximum atomic E-state index is 5.49. The Balaban J connectivity index is 2.02. The zero-order chi connectivity index (χ0) is 15.4. The van der Waals surface area contributed by atoms with E-state index in [1.807, 2.05) is 24.1 Å². The molecule has 110 valence electrons. The average Bonchev–Trinajstić information content (AvgIpc) is 2.45. The monoisotopic (exact) mass is 362 g/mol. The predicted molar refractivity (Wildman–Crippen MR) is 97.7 cm³/mol. The Hall–Kier alpha value is -1.39. The minimum atomic E-state index is 0.728. The zero-order valence-electron chi connectivity index (χ0n) is 12.5. The Morgan fingerprint density at radius 1 is 1.14 bits per heavy atom. The highest BCUT2D eigenvalue weighted by Gasteiger charge is 2.07. The molecule has 0 aromatic heterocycles. The van der Waals surface area contributed by atoms with Gasteiger partial charge >= 0.3 is 0 Å². The normalized spacial score (nSPS) is 10.3. The lowest BCUT2D eigenvalue weighted by Crippen LogP contribution is -2.30. The van der Waals surface area contributed by atoms with E-state index in [2.05, 4.69) is 65.4 Å². The van der Waals surface area contributed by atoms with Crippen LogP contribution in [0, 0.1) is 13.8 Å². The Morgan fingerprint density at radius 2 is 1.81 bits per heavy atom. The predicted octanol–water partition coefficient (Wildman–Crippen LogP) is 4.89. The van der Waals surface area contributed by atoms with Gasteiger partial charge in [0.15, 0.2) is 5.11 Å². The number of rotatable bonds is 3. The van der Waals surface area contributed by atoms with Gasteiger partial charge in [0.1, 0.15) is 0 Å². The van der Waals surface area contributed by atoms with Crippen LogP contribution in [0.2, 0.25) is 0 Å². The van der Waals surface area contributed by atoms with Gasteiger partial charge in [-0.05, 0) is 61.0 Å². The molecule has 0 saturated heterocycles. The molecule has 21 heavy (non-hydrogen) atoms. The van der Waals surface area contributed by atoms with Crippen LogP contribution in [0.4, 0.5) is 5.69 Å². The van der Waals surface area contributed by atoms with E-state index in [9.17, 15) is 0 Å². The maximum absolute atomic E-state index is 5.49. The van der Waals surface area contributed by atoms with E-state index in [1.165, 1.54) is 16.7 Å². The van der Waals surface area contributed by atoms with Gasteiger partial charge in [0.2, 0.25) is 0 Å². The number of hydrogen-bond donors (Lipinski definition) is 1. The molecule has 2 rings (SSSR count). The van der Waals surface area contributed by atoms with Crippen molar-refractivity contribution in [3.63, 3.8) is 0 Å². The third kappa shape index (κ3) is 4.55. The van der Waals surface area contributed by atoms with Gasteiger partial charge in [0.25, 0.3) is 0 Å². The summed E-state index contributed by atoms with van der Waals surface area (Å²) in [5.74, 6) is 0. The first-order valence-electron chi connectivity index (χ1n) is 6.79.